The molecule has 0 atom stereocenters. The van der Waals surface area contributed by atoms with Crippen LogP contribution in [0.1, 0.15) is 11.3 Å². The van der Waals surface area contributed by atoms with Crippen molar-refractivity contribution in [2.45, 2.75) is 13.5 Å². The van der Waals surface area contributed by atoms with Gasteiger partial charge in [-0.2, -0.15) is 0 Å². The number of nitrogens with zero attached hydrogens (tertiary/aromatic N) is 1. The van der Waals surface area contributed by atoms with E-state index >= 15 is 0 Å². The smallest absolute Gasteiger partial charge is 0.194 e. The van der Waals surface area contributed by atoms with Crippen LogP contribution in [0.25, 0.3) is 10.9 Å². The van der Waals surface area contributed by atoms with Crippen molar-refractivity contribution < 1.29 is 4.74 Å². The summed E-state index contributed by atoms with van der Waals surface area (Å²) in [5, 5.41) is 0.626. The monoisotopic (exact) mass is 360 g/mol. The molecule has 2 aromatic carbocycles. The molecule has 27 heavy (non-hydrogen) atoms. The highest BCUT2D eigenvalue weighted by atomic mass is 16.5. The van der Waals surface area contributed by atoms with E-state index in [-0.39, 0.29) is 5.43 Å². The van der Waals surface area contributed by atoms with Gasteiger partial charge in [0.1, 0.15) is 11.5 Å². The Hall–Kier alpha value is -3.11. The molecule has 0 saturated heterocycles. The minimum absolute atomic E-state index is 0.0258. The number of aromatic amines is 1. The first-order valence-corrected chi connectivity index (χ1v) is 8.95. The number of hydrogen-bond acceptors (Lipinski definition) is 3. The number of ether oxygens (including phenoxy) is 1. The molecule has 0 amide bonds. The number of pyridine rings is 1. The van der Waals surface area contributed by atoms with Crippen molar-refractivity contribution in [1.29, 1.82) is 0 Å². The van der Waals surface area contributed by atoms with Crippen LogP contribution in [0.2, 0.25) is 0 Å². The summed E-state index contributed by atoms with van der Waals surface area (Å²) < 4.78 is 5.88. The van der Waals surface area contributed by atoms with Gasteiger partial charge in [-0.1, -0.05) is 30.4 Å². The number of fused-ring (bicyclic) bond motifs is 1. The lowest BCUT2D eigenvalue weighted by Crippen LogP contribution is -2.27. The van der Waals surface area contributed by atoms with Crippen molar-refractivity contribution in [3.8, 4) is 11.5 Å². The molecule has 0 saturated carbocycles. The number of aromatic nitrogens is 1. The first-order chi connectivity index (χ1) is 13.1. The fourth-order valence-electron chi connectivity index (χ4n) is 3.10. The molecule has 1 aromatic heterocycles. The zero-order chi connectivity index (χ0) is 19.2. The van der Waals surface area contributed by atoms with Gasteiger partial charge in [-0.15, -0.1) is 13.2 Å². The lowest BCUT2D eigenvalue weighted by Gasteiger charge is -2.20. The third kappa shape index (κ3) is 4.36. The van der Waals surface area contributed by atoms with Crippen LogP contribution in [0.5, 0.6) is 11.5 Å². The second-order valence-corrected chi connectivity index (χ2v) is 6.45. The number of aryl methyl sites for hydroxylation is 1. The van der Waals surface area contributed by atoms with Crippen LogP contribution in [0, 0.1) is 6.92 Å². The number of H-pyrrole nitrogens is 1. The molecule has 3 rings (SSSR count). The predicted octanol–water partition coefficient (Wildman–Crippen LogP) is 4.80. The van der Waals surface area contributed by atoms with Crippen molar-refractivity contribution in [3.63, 3.8) is 0 Å². The zero-order valence-corrected chi connectivity index (χ0v) is 15.6. The van der Waals surface area contributed by atoms with E-state index in [9.17, 15) is 4.79 Å². The molecule has 1 heterocycles. The minimum Gasteiger partial charge on any atom is -0.457 e. The van der Waals surface area contributed by atoms with E-state index in [2.05, 4.69) is 23.0 Å². The van der Waals surface area contributed by atoms with Gasteiger partial charge in [0, 0.05) is 41.8 Å². The topological polar surface area (TPSA) is 45.3 Å². The molecule has 0 fully saturated rings. The Morgan fingerprint density at radius 2 is 1.74 bits per heavy atom. The van der Waals surface area contributed by atoms with Gasteiger partial charge < -0.3 is 9.72 Å². The quantitative estimate of drug-likeness (QED) is 0.587. The maximum Gasteiger partial charge on any atom is 0.194 e. The summed E-state index contributed by atoms with van der Waals surface area (Å²) in [6, 6.07) is 15.1. The van der Waals surface area contributed by atoms with E-state index in [1.807, 2.05) is 61.5 Å². The Labute approximate surface area is 159 Å². The Kier molecular flexibility index (Phi) is 5.89. The zero-order valence-electron chi connectivity index (χ0n) is 15.6. The molecule has 0 aliphatic carbocycles. The molecule has 1 N–H and O–H groups in total. The summed E-state index contributed by atoms with van der Waals surface area (Å²) in [6.45, 7) is 11.4. The van der Waals surface area contributed by atoms with E-state index in [4.69, 9.17) is 4.74 Å². The van der Waals surface area contributed by atoms with Gasteiger partial charge >= 0.3 is 0 Å². The second-order valence-electron chi connectivity index (χ2n) is 6.45. The first kappa shape index (κ1) is 18.7. The standard InChI is InChI=1S/C23H24N2O2/c1-4-13-25(14-5-2)16-21-17(3)24-22-12-11-19(15-20(22)23(21)26)27-18-9-7-6-8-10-18/h4-12,15H,1-2,13-14,16H2,3H3,(H,24,26). The fourth-order valence-corrected chi connectivity index (χ4v) is 3.10. The summed E-state index contributed by atoms with van der Waals surface area (Å²) in [4.78, 5) is 18.6. The summed E-state index contributed by atoms with van der Waals surface area (Å²) in [5.41, 5.74) is 2.46. The molecule has 0 radical (unpaired) electrons. The van der Waals surface area contributed by atoms with Crippen LogP contribution in [0.15, 0.2) is 78.6 Å². The number of benzene rings is 2. The highest BCUT2D eigenvalue weighted by Gasteiger charge is 2.13. The normalized spacial score (nSPS) is 10.9. The van der Waals surface area contributed by atoms with Gasteiger partial charge in [-0.25, -0.2) is 0 Å². The molecule has 4 heteroatoms. The van der Waals surface area contributed by atoms with Crippen LogP contribution >= 0.6 is 0 Å². The van der Waals surface area contributed by atoms with Crippen molar-refractivity contribution in [2.75, 3.05) is 13.1 Å². The van der Waals surface area contributed by atoms with Crippen molar-refractivity contribution in [3.05, 3.63) is 95.3 Å². The summed E-state index contributed by atoms with van der Waals surface area (Å²) in [6.07, 6.45) is 3.67. The molecule has 0 aliphatic heterocycles. The SMILES string of the molecule is C=CCN(CC=C)Cc1c(C)[nH]c2ccc(Oc3ccccc3)cc2c1=O. The number of nitrogens with one attached hydrogen (secondary N) is 1. The Balaban J connectivity index is 1.99. The van der Waals surface area contributed by atoms with E-state index < -0.39 is 0 Å². The summed E-state index contributed by atoms with van der Waals surface area (Å²) in [5.74, 6) is 1.38. The highest BCUT2D eigenvalue weighted by molar-refractivity contribution is 5.81. The van der Waals surface area contributed by atoms with Gasteiger partial charge in [0.15, 0.2) is 5.43 Å². The van der Waals surface area contributed by atoms with Crippen molar-refractivity contribution >= 4 is 10.9 Å². The molecular formula is C23H24N2O2. The lowest BCUT2D eigenvalue weighted by atomic mass is 10.1. The van der Waals surface area contributed by atoms with E-state index in [1.165, 1.54) is 0 Å². The van der Waals surface area contributed by atoms with Gasteiger partial charge in [0.2, 0.25) is 0 Å². The molecule has 4 nitrogen and oxygen atoms in total. The molecule has 138 valence electrons. The highest BCUT2D eigenvalue weighted by Crippen LogP contribution is 2.24. The van der Waals surface area contributed by atoms with Crippen molar-refractivity contribution in [1.82, 2.24) is 9.88 Å². The van der Waals surface area contributed by atoms with Crippen LogP contribution in [0.3, 0.4) is 0 Å². The maximum atomic E-state index is 13.1. The molecule has 3 aromatic rings. The lowest BCUT2D eigenvalue weighted by molar-refractivity contribution is 0.326. The van der Waals surface area contributed by atoms with Gasteiger partial charge in [-0.05, 0) is 37.3 Å². The molecular weight excluding hydrogens is 336 g/mol. The number of para-hydroxylation sites is 1. The number of rotatable bonds is 8. The third-order valence-corrected chi connectivity index (χ3v) is 4.42. The molecule has 0 spiro atoms. The average Bonchev–Trinajstić information content (AvgIpc) is 2.67. The van der Waals surface area contributed by atoms with Crippen LogP contribution in [-0.2, 0) is 6.54 Å². The molecule has 0 aliphatic rings. The maximum absolute atomic E-state index is 13.1. The summed E-state index contributed by atoms with van der Waals surface area (Å²) in [7, 11) is 0. The Morgan fingerprint density at radius 1 is 1.04 bits per heavy atom. The van der Waals surface area contributed by atoms with Gasteiger partial charge in [0.05, 0.1) is 0 Å². The first-order valence-electron chi connectivity index (χ1n) is 8.95. The number of hydrogen-bond donors (Lipinski definition) is 1. The third-order valence-electron chi connectivity index (χ3n) is 4.42. The van der Waals surface area contributed by atoms with E-state index in [0.29, 0.717) is 30.8 Å². The molecule has 0 bridgehead atoms. The predicted molar refractivity (Wildman–Crippen MR) is 111 cm³/mol. The van der Waals surface area contributed by atoms with Gasteiger partial charge in [-0.3, -0.25) is 9.69 Å². The average molecular weight is 360 g/mol. The van der Waals surface area contributed by atoms with Crippen LogP contribution in [0.4, 0.5) is 0 Å². The van der Waals surface area contributed by atoms with Crippen LogP contribution < -0.4 is 10.2 Å². The largest absolute Gasteiger partial charge is 0.457 e. The Bertz CT molecular complexity index is 996. The van der Waals surface area contributed by atoms with Gasteiger partial charge in [0.25, 0.3) is 0 Å². The van der Waals surface area contributed by atoms with Crippen LogP contribution in [-0.4, -0.2) is 23.0 Å². The summed E-state index contributed by atoms with van der Waals surface area (Å²) >= 11 is 0. The fraction of sp³-hybridized carbons (Fsp3) is 0.174. The van der Waals surface area contributed by atoms with E-state index in [1.54, 1.807) is 6.07 Å². The Morgan fingerprint density at radius 3 is 2.41 bits per heavy atom. The van der Waals surface area contributed by atoms with E-state index in [0.717, 1.165) is 22.5 Å². The molecule has 0 unspecified atom stereocenters. The second kappa shape index (κ2) is 8.52. The van der Waals surface area contributed by atoms with Crippen molar-refractivity contribution in [2.24, 2.45) is 0 Å². The minimum atomic E-state index is 0.0258.